The quantitative estimate of drug-likeness (QED) is 0.442. The van der Waals surface area contributed by atoms with Gasteiger partial charge in [0.25, 0.3) is 0 Å². The van der Waals surface area contributed by atoms with Crippen molar-refractivity contribution in [2.45, 2.75) is 32.8 Å². The molecular formula is C27H26O4. The van der Waals surface area contributed by atoms with Crippen LogP contribution in [0.1, 0.15) is 37.3 Å². The third-order valence-electron chi connectivity index (χ3n) is 4.84. The number of carbonyl (C=O) groups is 1. The van der Waals surface area contributed by atoms with E-state index in [4.69, 9.17) is 14.6 Å². The molecule has 0 aliphatic carbocycles. The molecule has 0 radical (unpaired) electrons. The highest BCUT2D eigenvalue weighted by atomic mass is 16.5. The molecule has 3 aromatic carbocycles. The average Bonchev–Trinajstić information content (AvgIpc) is 2.78. The summed E-state index contributed by atoms with van der Waals surface area (Å²) < 4.78 is 11.6. The Kier molecular flexibility index (Phi) is 7.73. The van der Waals surface area contributed by atoms with E-state index in [0.717, 1.165) is 33.8 Å². The molecule has 0 saturated carbocycles. The number of rotatable bonds is 9. The van der Waals surface area contributed by atoms with Crippen LogP contribution in [0.2, 0.25) is 0 Å². The molecule has 0 amide bonds. The van der Waals surface area contributed by atoms with Gasteiger partial charge in [0.15, 0.2) is 0 Å². The van der Waals surface area contributed by atoms with E-state index in [9.17, 15) is 4.79 Å². The van der Waals surface area contributed by atoms with Gasteiger partial charge in [-0.05, 0) is 48.7 Å². The van der Waals surface area contributed by atoms with E-state index in [-0.39, 0.29) is 12.3 Å². The van der Waals surface area contributed by atoms with E-state index in [2.05, 4.69) is 30.0 Å². The highest BCUT2D eigenvalue weighted by Crippen LogP contribution is 2.30. The number of ether oxygens (including phenoxy) is 2. The van der Waals surface area contributed by atoms with E-state index in [0.29, 0.717) is 13.2 Å². The summed E-state index contributed by atoms with van der Waals surface area (Å²) in [6, 6.07) is 23.7. The minimum Gasteiger partial charge on any atom is -0.493 e. The Morgan fingerprint density at radius 3 is 2.32 bits per heavy atom. The Balaban J connectivity index is 1.64. The van der Waals surface area contributed by atoms with Crippen LogP contribution in [0.4, 0.5) is 0 Å². The smallest absolute Gasteiger partial charge is 0.304 e. The van der Waals surface area contributed by atoms with Gasteiger partial charge in [-0.15, -0.1) is 5.92 Å². The van der Waals surface area contributed by atoms with Crippen LogP contribution in [0.3, 0.4) is 0 Å². The number of carboxylic acids is 1. The van der Waals surface area contributed by atoms with Crippen LogP contribution in [-0.4, -0.2) is 17.7 Å². The molecule has 0 heterocycles. The zero-order valence-corrected chi connectivity index (χ0v) is 17.8. The fourth-order valence-electron chi connectivity index (χ4n) is 3.33. The van der Waals surface area contributed by atoms with Crippen molar-refractivity contribution in [2.24, 2.45) is 0 Å². The SMILES string of the molecule is CC#CC(CC(=O)O)c1ccc(OCc2ccc(-c3ccccc3OCC)cc2)cc1. The summed E-state index contributed by atoms with van der Waals surface area (Å²) in [5.41, 5.74) is 4.10. The van der Waals surface area contributed by atoms with Gasteiger partial charge >= 0.3 is 5.97 Å². The van der Waals surface area contributed by atoms with Gasteiger partial charge in [0.1, 0.15) is 18.1 Å². The van der Waals surface area contributed by atoms with Crippen LogP contribution >= 0.6 is 0 Å². The summed E-state index contributed by atoms with van der Waals surface area (Å²) in [5.74, 6) is 6.20. The topological polar surface area (TPSA) is 55.8 Å². The van der Waals surface area contributed by atoms with Gasteiger partial charge in [-0.25, -0.2) is 0 Å². The largest absolute Gasteiger partial charge is 0.493 e. The lowest BCUT2D eigenvalue weighted by atomic mass is 9.96. The summed E-state index contributed by atoms with van der Waals surface area (Å²) in [7, 11) is 0. The molecule has 1 unspecified atom stereocenters. The van der Waals surface area contributed by atoms with E-state index in [1.807, 2.05) is 61.5 Å². The van der Waals surface area contributed by atoms with E-state index < -0.39 is 5.97 Å². The Bertz CT molecular complexity index is 1060. The molecule has 4 heteroatoms. The van der Waals surface area contributed by atoms with Crippen LogP contribution in [0.25, 0.3) is 11.1 Å². The molecule has 1 atom stereocenters. The maximum Gasteiger partial charge on any atom is 0.304 e. The van der Waals surface area contributed by atoms with Crippen LogP contribution in [0.15, 0.2) is 72.8 Å². The second-order valence-corrected chi connectivity index (χ2v) is 7.03. The van der Waals surface area contributed by atoms with Gasteiger partial charge in [-0.1, -0.05) is 60.5 Å². The highest BCUT2D eigenvalue weighted by Gasteiger charge is 2.13. The van der Waals surface area contributed by atoms with Crippen molar-refractivity contribution in [2.75, 3.05) is 6.61 Å². The van der Waals surface area contributed by atoms with E-state index in [1.54, 1.807) is 6.92 Å². The number of para-hydroxylation sites is 1. The first kappa shape index (κ1) is 22.0. The molecule has 31 heavy (non-hydrogen) atoms. The molecule has 1 N–H and O–H groups in total. The van der Waals surface area contributed by atoms with Crippen LogP contribution in [0.5, 0.6) is 11.5 Å². The maximum absolute atomic E-state index is 11.1. The van der Waals surface area contributed by atoms with Crippen molar-refractivity contribution >= 4 is 5.97 Å². The third-order valence-corrected chi connectivity index (χ3v) is 4.84. The van der Waals surface area contributed by atoms with Gasteiger partial charge in [0.2, 0.25) is 0 Å². The second kappa shape index (κ2) is 10.9. The summed E-state index contributed by atoms with van der Waals surface area (Å²) >= 11 is 0. The summed E-state index contributed by atoms with van der Waals surface area (Å²) in [4.78, 5) is 11.1. The van der Waals surface area contributed by atoms with Crippen molar-refractivity contribution in [3.8, 4) is 34.5 Å². The van der Waals surface area contributed by atoms with Gasteiger partial charge in [0, 0.05) is 5.56 Å². The fourth-order valence-corrected chi connectivity index (χ4v) is 3.33. The lowest BCUT2D eigenvalue weighted by Gasteiger charge is -2.12. The van der Waals surface area contributed by atoms with Crippen molar-refractivity contribution in [3.05, 3.63) is 83.9 Å². The first-order chi connectivity index (χ1) is 15.1. The molecule has 3 aromatic rings. The van der Waals surface area contributed by atoms with Crippen molar-refractivity contribution in [1.82, 2.24) is 0 Å². The van der Waals surface area contributed by atoms with Gasteiger partial charge < -0.3 is 14.6 Å². The Morgan fingerprint density at radius 1 is 0.968 bits per heavy atom. The number of hydrogen-bond donors (Lipinski definition) is 1. The summed E-state index contributed by atoms with van der Waals surface area (Å²) in [6.45, 7) is 4.77. The third kappa shape index (κ3) is 6.13. The monoisotopic (exact) mass is 414 g/mol. The van der Waals surface area contributed by atoms with Crippen LogP contribution in [-0.2, 0) is 11.4 Å². The standard InChI is InChI=1S/C27H26O4/c1-3-7-23(18-27(28)29)21-14-16-24(17-15-21)31-19-20-10-12-22(13-11-20)25-8-5-6-9-26(25)30-4-2/h5-6,8-17,23H,4,18-19H2,1-2H3,(H,28,29). The van der Waals surface area contributed by atoms with Gasteiger partial charge in [-0.2, -0.15) is 0 Å². The number of aliphatic carboxylic acids is 1. The minimum absolute atomic E-state index is 0.0141. The number of carboxylic acid groups (broad SMARTS) is 1. The number of benzene rings is 3. The van der Waals surface area contributed by atoms with Crippen molar-refractivity contribution in [3.63, 3.8) is 0 Å². The molecule has 0 aromatic heterocycles. The predicted octanol–water partition coefficient (Wildman–Crippen LogP) is 5.91. The first-order valence-electron chi connectivity index (χ1n) is 10.3. The molecule has 0 aliphatic rings. The summed E-state index contributed by atoms with van der Waals surface area (Å²) in [6.07, 6.45) is -0.0141. The molecule has 0 aliphatic heterocycles. The predicted molar refractivity (Wildman–Crippen MR) is 122 cm³/mol. The maximum atomic E-state index is 11.1. The summed E-state index contributed by atoms with van der Waals surface area (Å²) in [5, 5.41) is 9.07. The Hall–Kier alpha value is -3.71. The highest BCUT2D eigenvalue weighted by molar-refractivity contribution is 5.70. The van der Waals surface area contributed by atoms with Gasteiger partial charge in [-0.3, -0.25) is 4.79 Å². The molecule has 158 valence electrons. The minimum atomic E-state index is -0.861. The Morgan fingerprint density at radius 2 is 1.68 bits per heavy atom. The zero-order valence-electron chi connectivity index (χ0n) is 17.8. The first-order valence-corrected chi connectivity index (χ1v) is 10.3. The zero-order chi connectivity index (χ0) is 22.1. The molecule has 0 spiro atoms. The average molecular weight is 415 g/mol. The fraction of sp³-hybridized carbons (Fsp3) is 0.222. The second-order valence-electron chi connectivity index (χ2n) is 7.03. The number of hydrogen-bond acceptors (Lipinski definition) is 3. The van der Waals surface area contributed by atoms with Gasteiger partial charge in [0.05, 0.1) is 18.9 Å². The lowest BCUT2D eigenvalue weighted by molar-refractivity contribution is -0.137. The normalized spacial score (nSPS) is 11.2. The molecular weight excluding hydrogens is 388 g/mol. The molecule has 3 rings (SSSR count). The van der Waals surface area contributed by atoms with Crippen LogP contribution < -0.4 is 9.47 Å². The molecule has 0 bridgehead atoms. The van der Waals surface area contributed by atoms with E-state index in [1.165, 1.54) is 0 Å². The molecule has 4 nitrogen and oxygen atoms in total. The van der Waals surface area contributed by atoms with Crippen LogP contribution in [0, 0.1) is 11.8 Å². The Labute approximate surface area is 183 Å². The molecule has 0 saturated heterocycles. The molecule has 0 fully saturated rings. The van der Waals surface area contributed by atoms with Crippen molar-refractivity contribution in [1.29, 1.82) is 0 Å². The van der Waals surface area contributed by atoms with E-state index >= 15 is 0 Å². The van der Waals surface area contributed by atoms with Crippen molar-refractivity contribution < 1.29 is 19.4 Å². The lowest BCUT2D eigenvalue weighted by Crippen LogP contribution is -2.04.